The number of carbonyl (C=O) groups is 4. The molecule has 200 valence electrons. The molecular weight excluding hydrogens is 510 g/mol. The zero-order valence-corrected chi connectivity index (χ0v) is 22.5. The van der Waals surface area contributed by atoms with Crippen LogP contribution >= 0.6 is 11.6 Å². The van der Waals surface area contributed by atoms with Gasteiger partial charge >= 0.3 is 0 Å². The van der Waals surface area contributed by atoms with Crippen molar-refractivity contribution < 1.29 is 23.6 Å². The van der Waals surface area contributed by atoms with Gasteiger partial charge in [0.25, 0.3) is 11.8 Å². The van der Waals surface area contributed by atoms with E-state index in [0.29, 0.717) is 36.1 Å². The van der Waals surface area contributed by atoms with Gasteiger partial charge in [-0.05, 0) is 49.9 Å². The number of halogens is 1. The number of benzene rings is 1. The summed E-state index contributed by atoms with van der Waals surface area (Å²) in [5.41, 5.74) is 0.687. The molecule has 38 heavy (non-hydrogen) atoms. The second kappa shape index (κ2) is 11.2. The number of rotatable bonds is 6. The Morgan fingerprint density at radius 1 is 0.921 bits per heavy atom. The number of carbonyl (C=O) groups excluding carboxylic acids is 4. The number of hydrogen-bond donors (Lipinski definition) is 2. The van der Waals surface area contributed by atoms with Crippen LogP contribution in [0.15, 0.2) is 40.9 Å². The van der Waals surface area contributed by atoms with Crippen LogP contribution in [0.5, 0.6) is 0 Å². The lowest BCUT2D eigenvalue weighted by Crippen LogP contribution is -2.35. The van der Waals surface area contributed by atoms with Gasteiger partial charge < -0.3 is 24.9 Å². The Balaban J connectivity index is 1.67. The zero-order valence-electron chi connectivity index (χ0n) is 21.7. The summed E-state index contributed by atoms with van der Waals surface area (Å²) in [5, 5.41) is 6.28. The van der Waals surface area contributed by atoms with Gasteiger partial charge in [-0.15, -0.1) is 0 Å². The third-order valence-electron chi connectivity index (χ3n) is 6.66. The zero-order chi connectivity index (χ0) is 27.6. The predicted molar refractivity (Wildman–Crippen MR) is 144 cm³/mol. The largest absolute Gasteiger partial charge is 0.449 e. The van der Waals surface area contributed by atoms with Crippen molar-refractivity contribution in [2.45, 2.75) is 25.7 Å². The molecule has 1 aliphatic rings. The maximum atomic E-state index is 13.4. The van der Waals surface area contributed by atoms with Gasteiger partial charge in [-0.3, -0.25) is 19.2 Å². The molecular formula is C27H30ClN5O5. The Bertz CT molecular complexity index is 1370. The average molecular weight is 540 g/mol. The summed E-state index contributed by atoms with van der Waals surface area (Å²) in [4.78, 5) is 59.1. The first-order chi connectivity index (χ1) is 18.1. The van der Waals surface area contributed by atoms with Crippen molar-refractivity contribution in [1.29, 1.82) is 0 Å². The van der Waals surface area contributed by atoms with Crippen molar-refractivity contribution in [3.05, 3.63) is 52.9 Å². The van der Waals surface area contributed by atoms with Crippen LogP contribution in [0.1, 0.15) is 46.6 Å². The van der Waals surface area contributed by atoms with E-state index in [0.717, 1.165) is 0 Å². The molecule has 0 unspecified atom stereocenters. The summed E-state index contributed by atoms with van der Waals surface area (Å²) in [7, 11) is 6.69. The van der Waals surface area contributed by atoms with Crippen molar-refractivity contribution in [2.24, 2.45) is 11.8 Å². The fourth-order valence-corrected chi connectivity index (χ4v) is 4.77. The normalized spacial score (nSPS) is 17.1. The van der Waals surface area contributed by atoms with Gasteiger partial charge in [0.2, 0.25) is 17.6 Å². The summed E-state index contributed by atoms with van der Waals surface area (Å²) in [5.74, 6) is -1.56. The summed E-state index contributed by atoms with van der Waals surface area (Å²) in [6.45, 7) is 0. The van der Waals surface area contributed by atoms with Gasteiger partial charge in [0.1, 0.15) is 17.1 Å². The topological polar surface area (TPSA) is 125 Å². The summed E-state index contributed by atoms with van der Waals surface area (Å²) in [6, 6.07) is 8.02. The monoisotopic (exact) mass is 539 g/mol. The van der Waals surface area contributed by atoms with E-state index in [9.17, 15) is 19.2 Å². The lowest BCUT2D eigenvalue weighted by molar-refractivity contribution is -0.135. The lowest BCUT2D eigenvalue weighted by atomic mass is 9.81. The number of nitrogens with one attached hydrogen (secondary N) is 2. The molecule has 2 aromatic heterocycles. The lowest BCUT2D eigenvalue weighted by Gasteiger charge is -2.28. The minimum Gasteiger partial charge on any atom is -0.449 e. The summed E-state index contributed by atoms with van der Waals surface area (Å²) >= 11 is 5.89. The molecule has 0 spiro atoms. The number of anilines is 2. The smallest absolute Gasteiger partial charge is 0.294 e. The van der Waals surface area contributed by atoms with Crippen molar-refractivity contribution >= 4 is 57.7 Å². The molecule has 10 nitrogen and oxygen atoms in total. The Hall–Kier alpha value is -3.92. The number of furan rings is 1. The number of pyridine rings is 1. The molecule has 1 aliphatic carbocycles. The van der Waals surface area contributed by atoms with E-state index in [-0.39, 0.29) is 58.0 Å². The minimum absolute atomic E-state index is 0.0614. The van der Waals surface area contributed by atoms with Crippen molar-refractivity contribution in [3.63, 3.8) is 0 Å². The van der Waals surface area contributed by atoms with E-state index in [1.165, 1.54) is 17.2 Å². The maximum Gasteiger partial charge on any atom is 0.294 e. The summed E-state index contributed by atoms with van der Waals surface area (Å²) < 4.78 is 5.89. The minimum atomic E-state index is -0.644. The molecule has 1 fully saturated rings. The maximum absolute atomic E-state index is 13.4. The molecule has 2 N–H and O–H groups in total. The van der Waals surface area contributed by atoms with Crippen LogP contribution in [0.25, 0.3) is 11.0 Å². The predicted octanol–water partition coefficient (Wildman–Crippen LogP) is 4.27. The van der Waals surface area contributed by atoms with E-state index < -0.39 is 5.91 Å². The standard InChI is InChI=1S/C27H30ClN5O5/c1-32(2)26(36)16-10-8-15(9-11-16)24(34)31-22-21-18(27(37)33(3)4)6-5-7-19(21)38-23(22)25(35)30-20-13-12-17(28)14-29-20/h5-7,12-16H,8-11H2,1-4H3,(H,31,34)(H,29,30,35). The highest BCUT2D eigenvalue weighted by Crippen LogP contribution is 2.37. The van der Waals surface area contributed by atoms with Crippen LogP contribution in [-0.4, -0.2) is 66.6 Å². The number of hydrogen-bond acceptors (Lipinski definition) is 6. The first-order valence-corrected chi connectivity index (χ1v) is 12.7. The van der Waals surface area contributed by atoms with Crippen LogP contribution in [0, 0.1) is 11.8 Å². The van der Waals surface area contributed by atoms with E-state index in [2.05, 4.69) is 15.6 Å². The summed E-state index contributed by atoms with van der Waals surface area (Å²) in [6.07, 6.45) is 3.66. The quantitative estimate of drug-likeness (QED) is 0.482. The van der Waals surface area contributed by atoms with Gasteiger partial charge in [-0.2, -0.15) is 0 Å². The van der Waals surface area contributed by atoms with E-state index in [4.69, 9.17) is 16.0 Å². The van der Waals surface area contributed by atoms with Crippen LogP contribution in [0.4, 0.5) is 11.5 Å². The van der Waals surface area contributed by atoms with Crippen molar-refractivity contribution in [2.75, 3.05) is 38.8 Å². The molecule has 0 saturated heterocycles. The van der Waals surface area contributed by atoms with Gasteiger partial charge in [0, 0.05) is 46.2 Å². The Labute approximate surface area is 225 Å². The van der Waals surface area contributed by atoms with Gasteiger partial charge in [-0.25, -0.2) is 4.98 Å². The van der Waals surface area contributed by atoms with Gasteiger partial charge in [-0.1, -0.05) is 17.7 Å². The van der Waals surface area contributed by atoms with Crippen LogP contribution < -0.4 is 10.6 Å². The highest BCUT2D eigenvalue weighted by molar-refractivity contribution is 6.30. The molecule has 4 rings (SSSR count). The van der Waals surface area contributed by atoms with Crippen molar-refractivity contribution in [3.8, 4) is 0 Å². The molecule has 2 heterocycles. The van der Waals surface area contributed by atoms with Crippen LogP contribution in [-0.2, 0) is 9.59 Å². The van der Waals surface area contributed by atoms with Gasteiger partial charge in [0.15, 0.2) is 0 Å². The van der Waals surface area contributed by atoms with E-state index in [1.807, 2.05) is 0 Å². The third kappa shape index (κ3) is 5.65. The molecule has 11 heteroatoms. The first-order valence-electron chi connectivity index (χ1n) is 12.3. The third-order valence-corrected chi connectivity index (χ3v) is 6.89. The molecule has 3 aromatic rings. The Kier molecular flexibility index (Phi) is 8.01. The van der Waals surface area contributed by atoms with E-state index >= 15 is 0 Å². The van der Waals surface area contributed by atoms with E-state index in [1.54, 1.807) is 57.4 Å². The number of fused-ring (bicyclic) bond motifs is 1. The molecule has 0 radical (unpaired) electrons. The number of amides is 4. The van der Waals surface area contributed by atoms with Crippen LogP contribution in [0.3, 0.4) is 0 Å². The fourth-order valence-electron chi connectivity index (χ4n) is 4.66. The van der Waals surface area contributed by atoms with Gasteiger partial charge in [0.05, 0.1) is 16.0 Å². The average Bonchev–Trinajstić information content (AvgIpc) is 3.27. The molecule has 4 amide bonds. The van der Waals surface area contributed by atoms with Crippen molar-refractivity contribution in [1.82, 2.24) is 14.8 Å². The molecule has 0 aliphatic heterocycles. The SMILES string of the molecule is CN(C)C(=O)c1cccc2oc(C(=O)Nc3ccc(Cl)cn3)c(NC(=O)C3CCC(C(=O)N(C)C)CC3)c12. The molecule has 1 saturated carbocycles. The highest BCUT2D eigenvalue weighted by atomic mass is 35.5. The highest BCUT2D eigenvalue weighted by Gasteiger charge is 2.33. The Morgan fingerprint density at radius 3 is 2.21 bits per heavy atom. The Morgan fingerprint density at radius 2 is 1.61 bits per heavy atom. The van der Waals surface area contributed by atoms with Crippen LogP contribution in [0.2, 0.25) is 5.02 Å². The second-order valence-electron chi connectivity index (χ2n) is 9.77. The number of nitrogens with zero attached hydrogens (tertiary/aromatic N) is 3. The second-order valence-corrected chi connectivity index (χ2v) is 10.2. The molecule has 0 atom stereocenters. The number of aromatic nitrogens is 1. The molecule has 1 aromatic carbocycles. The molecule has 0 bridgehead atoms. The fraction of sp³-hybridized carbons (Fsp3) is 0.370. The first kappa shape index (κ1) is 27.1.